The lowest BCUT2D eigenvalue weighted by atomic mass is 9.94. The molecule has 10 rings (SSSR count). The van der Waals surface area contributed by atoms with Crippen LogP contribution in [0.5, 0.6) is 0 Å². The van der Waals surface area contributed by atoms with Crippen LogP contribution in [0.3, 0.4) is 0 Å². The Balaban J connectivity index is 1.12. The van der Waals surface area contributed by atoms with Crippen LogP contribution in [0.15, 0.2) is 206 Å². The second kappa shape index (κ2) is 14.3. The van der Waals surface area contributed by atoms with Crippen LogP contribution in [0.1, 0.15) is 0 Å². The van der Waals surface area contributed by atoms with Crippen molar-refractivity contribution in [2.75, 3.05) is 0 Å². The largest absolute Gasteiger partial charge is 0.248 e. The van der Waals surface area contributed by atoms with E-state index in [0.717, 1.165) is 72.2 Å². The van der Waals surface area contributed by atoms with Gasteiger partial charge in [-0.2, -0.15) is 0 Å². The SMILES string of the molecule is c1ccc(-c2cccc(-c3nc(-c4ccc(-c5cc(-c6ccccc6)nc6ccc7ccccc7c56)cc4)nc(-c4cccc(-c5ccccc5)c4)n3)c2)cc1. The van der Waals surface area contributed by atoms with Gasteiger partial charge >= 0.3 is 0 Å². The zero-order valence-corrected chi connectivity index (χ0v) is 30.4. The third-order valence-electron chi connectivity index (χ3n) is 10.3. The van der Waals surface area contributed by atoms with Crippen molar-refractivity contribution in [3.63, 3.8) is 0 Å². The minimum Gasteiger partial charge on any atom is -0.248 e. The van der Waals surface area contributed by atoms with Crippen molar-refractivity contribution in [1.29, 1.82) is 0 Å². The molecule has 10 aromatic rings. The molecule has 0 atom stereocenters. The number of hydrogen-bond acceptors (Lipinski definition) is 4. The fourth-order valence-corrected chi connectivity index (χ4v) is 7.49. The van der Waals surface area contributed by atoms with E-state index in [9.17, 15) is 0 Å². The molecule has 0 N–H and O–H groups in total. The predicted octanol–water partition coefficient (Wildman–Crippen LogP) is 13.2. The van der Waals surface area contributed by atoms with Crippen molar-refractivity contribution in [3.05, 3.63) is 206 Å². The van der Waals surface area contributed by atoms with Gasteiger partial charge < -0.3 is 0 Å². The number of fused-ring (bicyclic) bond motifs is 3. The molecule has 0 amide bonds. The summed E-state index contributed by atoms with van der Waals surface area (Å²) < 4.78 is 0. The minimum atomic E-state index is 0.613. The smallest absolute Gasteiger partial charge is 0.164 e. The maximum atomic E-state index is 5.15. The first-order chi connectivity index (χ1) is 27.7. The molecule has 0 radical (unpaired) electrons. The van der Waals surface area contributed by atoms with Crippen LogP contribution in [0.4, 0.5) is 0 Å². The Kier molecular flexibility index (Phi) is 8.47. The van der Waals surface area contributed by atoms with Crippen LogP contribution in [0, 0.1) is 0 Å². The topological polar surface area (TPSA) is 51.6 Å². The summed E-state index contributed by atoms with van der Waals surface area (Å²) in [6.45, 7) is 0. The Morgan fingerprint density at radius 3 is 1.32 bits per heavy atom. The number of nitrogens with zero attached hydrogens (tertiary/aromatic N) is 4. The average molecular weight is 715 g/mol. The Bertz CT molecular complexity index is 2900. The normalized spacial score (nSPS) is 11.2. The van der Waals surface area contributed by atoms with Crippen LogP contribution in [0.25, 0.3) is 100 Å². The molecule has 0 saturated heterocycles. The lowest BCUT2D eigenvalue weighted by Crippen LogP contribution is -2.00. The summed E-state index contributed by atoms with van der Waals surface area (Å²) in [5.74, 6) is 1.86. The molecule has 4 heteroatoms. The first kappa shape index (κ1) is 33.0. The summed E-state index contributed by atoms with van der Waals surface area (Å²) >= 11 is 0. The number of hydrogen-bond donors (Lipinski definition) is 0. The molecule has 2 aromatic heterocycles. The highest BCUT2D eigenvalue weighted by Crippen LogP contribution is 2.38. The first-order valence-corrected chi connectivity index (χ1v) is 18.8. The molecule has 0 unspecified atom stereocenters. The highest BCUT2D eigenvalue weighted by atomic mass is 15.0. The van der Waals surface area contributed by atoms with Gasteiger partial charge in [-0.25, -0.2) is 19.9 Å². The summed E-state index contributed by atoms with van der Waals surface area (Å²) in [6, 6.07) is 71.7. The Morgan fingerprint density at radius 1 is 0.268 bits per heavy atom. The van der Waals surface area contributed by atoms with Crippen molar-refractivity contribution in [2.24, 2.45) is 0 Å². The molecule has 2 heterocycles. The van der Waals surface area contributed by atoms with Gasteiger partial charge in [0.15, 0.2) is 17.5 Å². The molecule has 0 fully saturated rings. The third kappa shape index (κ3) is 6.40. The second-order valence-electron chi connectivity index (χ2n) is 13.9. The molecule has 4 nitrogen and oxygen atoms in total. The highest BCUT2D eigenvalue weighted by Gasteiger charge is 2.16. The summed E-state index contributed by atoms with van der Waals surface area (Å²) in [4.78, 5) is 20.5. The van der Waals surface area contributed by atoms with Crippen LogP contribution >= 0.6 is 0 Å². The average Bonchev–Trinajstić information content (AvgIpc) is 3.29. The van der Waals surface area contributed by atoms with Gasteiger partial charge in [-0.1, -0.05) is 182 Å². The number of benzene rings is 8. The molecule has 0 aliphatic carbocycles. The van der Waals surface area contributed by atoms with Crippen LogP contribution < -0.4 is 0 Å². The number of pyridine rings is 1. The number of aromatic nitrogens is 4. The van der Waals surface area contributed by atoms with Gasteiger partial charge in [0, 0.05) is 27.6 Å². The van der Waals surface area contributed by atoms with E-state index in [0.29, 0.717) is 17.5 Å². The second-order valence-corrected chi connectivity index (χ2v) is 13.9. The molecular weight excluding hydrogens is 681 g/mol. The van der Waals surface area contributed by atoms with Gasteiger partial charge in [-0.15, -0.1) is 0 Å². The fraction of sp³-hybridized carbons (Fsp3) is 0. The lowest BCUT2D eigenvalue weighted by molar-refractivity contribution is 1.07. The predicted molar refractivity (Wildman–Crippen MR) is 231 cm³/mol. The van der Waals surface area contributed by atoms with E-state index < -0.39 is 0 Å². The zero-order chi connectivity index (χ0) is 37.3. The molecular formula is C52H34N4. The van der Waals surface area contributed by atoms with E-state index in [1.165, 1.54) is 10.8 Å². The lowest BCUT2D eigenvalue weighted by Gasteiger charge is -2.14. The minimum absolute atomic E-state index is 0.613. The van der Waals surface area contributed by atoms with Gasteiger partial charge in [0.05, 0.1) is 11.2 Å². The molecule has 0 bridgehead atoms. The molecule has 56 heavy (non-hydrogen) atoms. The van der Waals surface area contributed by atoms with Gasteiger partial charge in [-0.05, 0) is 68.4 Å². The molecule has 0 saturated carbocycles. The maximum Gasteiger partial charge on any atom is 0.164 e. The highest BCUT2D eigenvalue weighted by molar-refractivity contribution is 6.13. The van der Waals surface area contributed by atoms with Gasteiger partial charge in [0.25, 0.3) is 0 Å². The summed E-state index contributed by atoms with van der Waals surface area (Å²) in [7, 11) is 0. The Hall–Kier alpha value is -7.56. The Morgan fingerprint density at radius 2 is 0.732 bits per heavy atom. The molecule has 8 aromatic carbocycles. The fourth-order valence-electron chi connectivity index (χ4n) is 7.49. The summed E-state index contributed by atoms with van der Waals surface area (Å²) in [5.41, 5.74) is 12.5. The summed E-state index contributed by atoms with van der Waals surface area (Å²) in [5, 5.41) is 3.50. The van der Waals surface area contributed by atoms with Crippen LogP contribution in [-0.4, -0.2) is 19.9 Å². The van der Waals surface area contributed by atoms with Crippen molar-refractivity contribution in [2.45, 2.75) is 0 Å². The quantitative estimate of drug-likeness (QED) is 0.154. The first-order valence-electron chi connectivity index (χ1n) is 18.8. The third-order valence-corrected chi connectivity index (χ3v) is 10.3. The Labute approximate surface area is 325 Å². The van der Waals surface area contributed by atoms with E-state index in [1.807, 2.05) is 18.2 Å². The molecule has 0 aliphatic heterocycles. The van der Waals surface area contributed by atoms with Crippen molar-refractivity contribution in [1.82, 2.24) is 19.9 Å². The van der Waals surface area contributed by atoms with Gasteiger partial charge in [-0.3, -0.25) is 0 Å². The van der Waals surface area contributed by atoms with E-state index in [2.05, 4.69) is 188 Å². The van der Waals surface area contributed by atoms with Gasteiger partial charge in [0.2, 0.25) is 0 Å². The zero-order valence-electron chi connectivity index (χ0n) is 30.4. The van der Waals surface area contributed by atoms with E-state index in [-0.39, 0.29) is 0 Å². The van der Waals surface area contributed by atoms with E-state index in [1.54, 1.807) is 0 Å². The van der Waals surface area contributed by atoms with Crippen molar-refractivity contribution < 1.29 is 0 Å². The standard InChI is InChI=1S/C52H34N4/c1-4-14-35(15-5-1)41-21-12-23-43(32-41)51-54-50(55-52(56-51)44-24-13-22-42(33-44)36-16-6-2-7-17-36)40-28-26-38(27-29-40)46-34-48(39-19-8-3-9-20-39)53-47-31-30-37-18-10-11-25-45(37)49(46)47/h1-34H. The number of rotatable bonds is 7. The molecule has 262 valence electrons. The molecule has 0 aliphatic rings. The molecule has 0 spiro atoms. The summed E-state index contributed by atoms with van der Waals surface area (Å²) in [6.07, 6.45) is 0. The van der Waals surface area contributed by atoms with Crippen molar-refractivity contribution in [3.8, 4) is 78.8 Å². The van der Waals surface area contributed by atoms with E-state index in [4.69, 9.17) is 19.9 Å². The maximum absolute atomic E-state index is 5.15. The van der Waals surface area contributed by atoms with Crippen LogP contribution in [0.2, 0.25) is 0 Å². The van der Waals surface area contributed by atoms with E-state index >= 15 is 0 Å². The monoisotopic (exact) mass is 714 g/mol. The van der Waals surface area contributed by atoms with Crippen molar-refractivity contribution >= 4 is 21.7 Å². The van der Waals surface area contributed by atoms with Gasteiger partial charge in [0.1, 0.15) is 0 Å². The van der Waals surface area contributed by atoms with Crippen LogP contribution in [-0.2, 0) is 0 Å².